The van der Waals surface area contributed by atoms with Crippen molar-refractivity contribution in [3.63, 3.8) is 0 Å². The number of carbonyl (C=O) groups is 1. The number of rotatable bonds is 6. The zero-order valence-electron chi connectivity index (χ0n) is 14.4. The molecule has 1 aliphatic rings. The lowest BCUT2D eigenvalue weighted by atomic mass is 10.1. The Morgan fingerprint density at radius 2 is 2.16 bits per heavy atom. The Kier molecular flexibility index (Phi) is 5.38. The standard InChI is InChI=1S/C17H23N3O3S2/c1-12(2)9-20(13-7-8-25(22,23)11-13)16(21)10-24-17-18-14-5-3-4-6-15(14)19-17/h3-6,12-13H,7-11H2,1-2H3,(H,18,19)/t13-/m1/s1. The molecule has 136 valence electrons. The monoisotopic (exact) mass is 381 g/mol. The molecule has 0 spiro atoms. The van der Waals surface area contributed by atoms with Gasteiger partial charge in [0.2, 0.25) is 5.91 Å². The zero-order chi connectivity index (χ0) is 18.0. The van der Waals surface area contributed by atoms with Crippen LogP contribution in [0.2, 0.25) is 0 Å². The second kappa shape index (κ2) is 7.37. The third-order valence-electron chi connectivity index (χ3n) is 4.23. The van der Waals surface area contributed by atoms with Crippen molar-refractivity contribution >= 4 is 38.5 Å². The van der Waals surface area contributed by atoms with Gasteiger partial charge in [-0.1, -0.05) is 37.7 Å². The molecule has 1 fully saturated rings. The van der Waals surface area contributed by atoms with Crippen LogP contribution in [-0.4, -0.2) is 59.0 Å². The van der Waals surface area contributed by atoms with Gasteiger partial charge >= 0.3 is 0 Å². The lowest BCUT2D eigenvalue weighted by Gasteiger charge is -2.29. The first-order valence-corrected chi connectivity index (χ1v) is 11.2. The first-order chi connectivity index (χ1) is 11.8. The molecule has 1 N–H and O–H groups in total. The molecule has 25 heavy (non-hydrogen) atoms. The summed E-state index contributed by atoms with van der Waals surface area (Å²) in [6.07, 6.45) is 0.538. The van der Waals surface area contributed by atoms with Gasteiger partial charge < -0.3 is 9.88 Å². The highest BCUT2D eigenvalue weighted by molar-refractivity contribution is 7.99. The maximum atomic E-state index is 12.7. The summed E-state index contributed by atoms with van der Waals surface area (Å²) in [6.45, 7) is 4.66. The molecule has 0 saturated carbocycles. The second-order valence-corrected chi connectivity index (χ2v) is 10.0. The van der Waals surface area contributed by atoms with E-state index < -0.39 is 9.84 Å². The third-order valence-corrected chi connectivity index (χ3v) is 6.84. The maximum Gasteiger partial charge on any atom is 0.233 e. The molecule has 0 aliphatic carbocycles. The van der Waals surface area contributed by atoms with Crippen molar-refractivity contribution in [1.29, 1.82) is 0 Å². The summed E-state index contributed by atoms with van der Waals surface area (Å²) in [5.41, 5.74) is 1.82. The summed E-state index contributed by atoms with van der Waals surface area (Å²) in [4.78, 5) is 22.2. The van der Waals surface area contributed by atoms with Gasteiger partial charge in [0.1, 0.15) is 0 Å². The van der Waals surface area contributed by atoms with Crippen LogP contribution in [0.25, 0.3) is 11.0 Å². The number of carbonyl (C=O) groups excluding carboxylic acids is 1. The number of benzene rings is 1. The minimum Gasteiger partial charge on any atom is -0.338 e. The predicted octanol–water partition coefficient (Wildman–Crippen LogP) is 2.33. The second-order valence-electron chi connectivity index (χ2n) is 6.84. The van der Waals surface area contributed by atoms with Gasteiger partial charge in [-0.05, 0) is 24.5 Å². The Bertz CT molecular complexity index is 828. The number of nitrogens with one attached hydrogen (secondary N) is 1. The molecule has 2 heterocycles. The molecular formula is C17H23N3O3S2. The molecule has 1 amide bonds. The number of imidazole rings is 1. The fourth-order valence-corrected chi connectivity index (χ4v) is 5.58. The molecule has 1 aliphatic heterocycles. The zero-order valence-corrected chi connectivity index (χ0v) is 16.1. The van der Waals surface area contributed by atoms with Crippen LogP contribution in [0.3, 0.4) is 0 Å². The summed E-state index contributed by atoms with van der Waals surface area (Å²) in [5, 5.41) is 0.707. The average molecular weight is 382 g/mol. The smallest absolute Gasteiger partial charge is 0.233 e. The van der Waals surface area contributed by atoms with Gasteiger partial charge in [-0.3, -0.25) is 4.79 Å². The highest BCUT2D eigenvalue weighted by Crippen LogP contribution is 2.23. The van der Waals surface area contributed by atoms with Gasteiger partial charge in [0.15, 0.2) is 15.0 Å². The molecule has 2 aromatic rings. The lowest BCUT2D eigenvalue weighted by Crippen LogP contribution is -2.44. The normalized spacial score (nSPS) is 19.6. The number of nitrogens with zero attached hydrogens (tertiary/aromatic N) is 2. The first-order valence-electron chi connectivity index (χ1n) is 8.41. The van der Waals surface area contributed by atoms with E-state index in [2.05, 4.69) is 9.97 Å². The van der Waals surface area contributed by atoms with E-state index in [1.165, 1.54) is 11.8 Å². The van der Waals surface area contributed by atoms with Crippen LogP contribution >= 0.6 is 11.8 Å². The van der Waals surface area contributed by atoms with Crippen LogP contribution in [0.5, 0.6) is 0 Å². The Labute approximate surface area is 152 Å². The van der Waals surface area contributed by atoms with E-state index in [4.69, 9.17) is 0 Å². The summed E-state index contributed by atoms with van der Waals surface area (Å²) in [7, 11) is -3.01. The van der Waals surface area contributed by atoms with Crippen molar-refractivity contribution in [2.24, 2.45) is 5.92 Å². The minimum absolute atomic E-state index is 0.0266. The summed E-state index contributed by atoms with van der Waals surface area (Å²) in [5.74, 6) is 0.782. The molecule has 0 unspecified atom stereocenters. The molecule has 0 bridgehead atoms. The molecule has 3 rings (SSSR count). The molecule has 1 saturated heterocycles. The van der Waals surface area contributed by atoms with Crippen molar-refractivity contribution in [3.05, 3.63) is 24.3 Å². The summed E-state index contributed by atoms with van der Waals surface area (Å²) in [6, 6.07) is 7.53. The van der Waals surface area contributed by atoms with Crippen molar-refractivity contribution in [3.8, 4) is 0 Å². The topological polar surface area (TPSA) is 83.1 Å². The van der Waals surface area contributed by atoms with Crippen LogP contribution in [0.4, 0.5) is 0 Å². The Morgan fingerprint density at radius 3 is 2.80 bits per heavy atom. The SMILES string of the molecule is CC(C)CN(C(=O)CSc1nc2ccccc2[nH]1)[C@@H]1CCS(=O)(=O)C1. The van der Waals surface area contributed by atoms with Crippen molar-refractivity contribution in [2.45, 2.75) is 31.5 Å². The van der Waals surface area contributed by atoms with E-state index in [1.54, 1.807) is 4.90 Å². The van der Waals surface area contributed by atoms with Crippen LogP contribution in [0.1, 0.15) is 20.3 Å². The van der Waals surface area contributed by atoms with Gasteiger partial charge in [0.05, 0.1) is 28.3 Å². The largest absolute Gasteiger partial charge is 0.338 e. The summed E-state index contributed by atoms with van der Waals surface area (Å²) >= 11 is 1.36. The number of fused-ring (bicyclic) bond motifs is 1. The lowest BCUT2D eigenvalue weighted by molar-refractivity contribution is -0.130. The Hall–Kier alpha value is -1.54. The Balaban J connectivity index is 1.67. The third kappa shape index (κ3) is 4.55. The van der Waals surface area contributed by atoms with Gasteiger partial charge in [-0.25, -0.2) is 13.4 Å². The number of aromatic nitrogens is 2. The number of thioether (sulfide) groups is 1. The van der Waals surface area contributed by atoms with E-state index >= 15 is 0 Å². The molecule has 1 aromatic heterocycles. The van der Waals surface area contributed by atoms with Gasteiger partial charge in [-0.2, -0.15) is 0 Å². The number of sulfone groups is 1. The number of para-hydroxylation sites is 2. The molecule has 8 heteroatoms. The van der Waals surface area contributed by atoms with E-state index in [1.807, 2.05) is 38.1 Å². The van der Waals surface area contributed by atoms with Crippen LogP contribution in [0, 0.1) is 5.92 Å². The highest BCUT2D eigenvalue weighted by atomic mass is 32.2. The summed E-state index contributed by atoms with van der Waals surface area (Å²) < 4.78 is 23.5. The Morgan fingerprint density at radius 1 is 1.40 bits per heavy atom. The first kappa shape index (κ1) is 18.3. The van der Waals surface area contributed by atoms with Crippen molar-refractivity contribution < 1.29 is 13.2 Å². The van der Waals surface area contributed by atoms with Crippen molar-refractivity contribution in [2.75, 3.05) is 23.8 Å². The average Bonchev–Trinajstić information content (AvgIpc) is 3.12. The van der Waals surface area contributed by atoms with Crippen LogP contribution in [0.15, 0.2) is 29.4 Å². The minimum atomic E-state index is -3.01. The van der Waals surface area contributed by atoms with E-state index in [9.17, 15) is 13.2 Å². The number of hydrogen-bond donors (Lipinski definition) is 1. The van der Waals surface area contributed by atoms with Gasteiger partial charge in [0, 0.05) is 12.6 Å². The van der Waals surface area contributed by atoms with E-state index in [-0.39, 0.29) is 29.2 Å². The number of hydrogen-bond acceptors (Lipinski definition) is 5. The number of H-pyrrole nitrogens is 1. The fourth-order valence-electron chi connectivity index (χ4n) is 3.08. The number of aromatic amines is 1. The quantitative estimate of drug-likeness (QED) is 0.777. The van der Waals surface area contributed by atoms with Gasteiger partial charge in [-0.15, -0.1) is 0 Å². The van der Waals surface area contributed by atoms with Gasteiger partial charge in [0.25, 0.3) is 0 Å². The molecule has 6 nitrogen and oxygen atoms in total. The van der Waals surface area contributed by atoms with Crippen LogP contribution < -0.4 is 0 Å². The fraction of sp³-hybridized carbons (Fsp3) is 0.529. The van der Waals surface area contributed by atoms with Crippen LogP contribution in [-0.2, 0) is 14.6 Å². The molecule has 0 radical (unpaired) electrons. The highest BCUT2D eigenvalue weighted by Gasteiger charge is 2.34. The molecule has 1 aromatic carbocycles. The molecular weight excluding hydrogens is 358 g/mol. The molecule has 1 atom stereocenters. The predicted molar refractivity (Wildman–Crippen MR) is 100 cm³/mol. The van der Waals surface area contributed by atoms with E-state index in [0.717, 1.165) is 11.0 Å². The van der Waals surface area contributed by atoms with Crippen molar-refractivity contribution in [1.82, 2.24) is 14.9 Å². The maximum absolute atomic E-state index is 12.7. The number of amides is 1. The van der Waals surface area contributed by atoms with E-state index in [0.29, 0.717) is 24.0 Å².